The summed E-state index contributed by atoms with van der Waals surface area (Å²) in [6, 6.07) is 27.7. The summed E-state index contributed by atoms with van der Waals surface area (Å²) in [5, 5.41) is 4.05. The summed E-state index contributed by atoms with van der Waals surface area (Å²) in [6.07, 6.45) is 0.807. The number of benzene rings is 3. The van der Waals surface area contributed by atoms with Crippen molar-refractivity contribution < 1.29 is 4.79 Å². The monoisotopic (exact) mass is 444 g/mol. The molecule has 0 aliphatic heterocycles. The number of fused-ring (bicyclic) bond motifs is 1. The van der Waals surface area contributed by atoms with Gasteiger partial charge in [-0.1, -0.05) is 85.8 Å². The van der Waals surface area contributed by atoms with Gasteiger partial charge in [0.05, 0.1) is 27.3 Å². The molecule has 4 rings (SSSR count). The number of amides is 1. The molecule has 3 aromatic carbocycles. The highest BCUT2D eigenvalue weighted by Gasteiger charge is 2.22. The molecule has 4 aromatic rings. The third kappa shape index (κ3) is 3.94. The van der Waals surface area contributed by atoms with Gasteiger partial charge in [-0.3, -0.25) is 4.79 Å². The number of aromatic nitrogens is 1. The molecule has 0 bridgehead atoms. The van der Waals surface area contributed by atoms with Gasteiger partial charge < -0.3 is 5.32 Å². The van der Waals surface area contributed by atoms with E-state index in [0.29, 0.717) is 10.0 Å². The average molecular weight is 445 g/mol. The number of halogens is 1. The highest BCUT2D eigenvalue weighted by molar-refractivity contribution is 9.10. The molecule has 0 aliphatic rings. The third-order valence-corrected chi connectivity index (χ3v) is 5.79. The summed E-state index contributed by atoms with van der Waals surface area (Å²) in [7, 11) is 0. The number of hydrogen-bond donors (Lipinski definition) is 1. The van der Waals surface area contributed by atoms with E-state index < -0.39 is 0 Å². The standard InChI is InChI=1S/C25H21BrN2O/c1-2-20(17-11-5-3-6-12-17)28-25(29)22-19-15-9-10-16-21(19)27-24(23(22)26)18-13-7-4-8-14-18/h3-16,20H,2H2,1H3,(H,28,29)/t20-/m0/s1. The van der Waals surface area contributed by atoms with E-state index in [9.17, 15) is 4.79 Å². The molecular weight excluding hydrogens is 424 g/mol. The van der Waals surface area contributed by atoms with Crippen LogP contribution in [0.15, 0.2) is 89.4 Å². The minimum atomic E-state index is -0.108. The van der Waals surface area contributed by atoms with Crippen molar-refractivity contribution in [3.05, 3.63) is 101 Å². The molecule has 4 heteroatoms. The lowest BCUT2D eigenvalue weighted by molar-refractivity contribution is 0.0936. The molecule has 1 N–H and O–H groups in total. The maximum absolute atomic E-state index is 13.4. The van der Waals surface area contributed by atoms with E-state index in [1.807, 2.05) is 84.9 Å². The Labute approximate surface area is 178 Å². The van der Waals surface area contributed by atoms with Crippen molar-refractivity contribution in [1.82, 2.24) is 10.3 Å². The summed E-state index contributed by atoms with van der Waals surface area (Å²) in [4.78, 5) is 18.3. The van der Waals surface area contributed by atoms with Gasteiger partial charge in [-0.05, 0) is 34.0 Å². The first-order valence-electron chi connectivity index (χ1n) is 9.68. The molecule has 0 saturated carbocycles. The fourth-order valence-corrected chi connectivity index (χ4v) is 4.25. The number of nitrogens with zero attached hydrogens (tertiary/aromatic N) is 1. The predicted molar refractivity (Wildman–Crippen MR) is 122 cm³/mol. The maximum atomic E-state index is 13.4. The second-order valence-corrected chi connectivity index (χ2v) is 7.67. The van der Waals surface area contributed by atoms with E-state index in [1.165, 1.54) is 0 Å². The number of rotatable bonds is 5. The van der Waals surface area contributed by atoms with Crippen LogP contribution in [-0.2, 0) is 0 Å². The number of carbonyl (C=O) groups is 1. The molecular formula is C25H21BrN2O. The van der Waals surface area contributed by atoms with Gasteiger partial charge in [-0.25, -0.2) is 4.98 Å². The fraction of sp³-hybridized carbons (Fsp3) is 0.120. The van der Waals surface area contributed by atoms with Gasteiger partial charge in [0.1, 0.15) is 0 Å². The van der Waals surface area contributed by atoms with Crippen molar-refractivity contribution >= 4 is 32.7 Å². The van der Waals surface area contributed by atoms with E-state index in [0.717, 1.165) is 34.1 Å². The van der Waals surface area contributed by atoms with Crippen molar-refractivity contribution in [2.24, 2.45) is 0 Å². The zero-order chi connectivity index (χ0) is 20.2. The number of carbonyl (C=O) groups excluding carboxylic acids is 1. The Balaban J connectivity index is 1.82. The number of pyridine rings is 1. The van der Waals surface area contributed by atoms with Crippen molar-refractivity contribution in [2.45, 2.75) is 19.4 Å². The lowest BCUT2D eigenvalue weighted by atomic mass is 10.0. The van der Waals surface area contributed by atoms with Gasteiger partial charge in [-0.15, -0.1) is 0 Å². The highest BCUT2D eigenvalue weighted by atomic mass is 79.9. The van der Waals surface area contributed by atoms with Crippen LogP contribution in [0, 0.1) is 0 Å². The van der Waals surface area contributed by atoms with Crippen LogP contribution < -0.4 is 5.32 Å². The second kappa shape index (κ2) is 8.58. The van der Waals surface area contributed by atoms with Crippen molar-refractivity contribution in [2.75, 3.05) is 0 Å². The normalized spacial score (nSPS) is 11.9. The molecule has 29 heavy (non-hydrogen) atoms. The molecule has 1 aromatic heterocycles. The molecule has 1 heterocycles. The van der Waals surface area contributed by atoms with Gasteiger partial charge in [0, 0.05) is 10.9 Å². The molecule has 0 unspecified atom stereocenters. The summed E-state index contributed by atoms with van der Waals surface area (Å²) >= 11 is 3.68. The number of nitrogens with one attached hydrogen (secondary N) is 1. The summed E-state index contributed by atoms with van der Waals surface area (Å²) in [5.74, 6) is -0.108. The smallest absolute Gasteiger partial charge is 0.253 e. The van der Waals surface area contributed by atoms with Crippen molar-refractivity contribution in [3.63, 3.8) is 0 Å². The van der Waals surface area contributed by atoms with E-state index in [-0.39, 0.29) is 11.9 Å². The topological polar surface area (TPSA) is 42.0 Å². The molecule has 0 saturated heterocycles. The largest absolute Gasteiger partial charge is 0.345 e. The first-order chi connectivity index (χ1) is 14.2. The van der Waals surface area contributed by atoms with Crippen LogP contribution in [0.5, 0.6) is 0 Å². The first kappa shape index (κ1) is 19.3. The van der Waals surface area contributed by atoms with Gasteiger partial charge in [-0.2, -0.15) is 0 Å². The third-order valence-electron chi connectivity index (χ3n) is 5.02. The summed E-state index contributed by atoms with van der Waals surface area (Å²) < 4.78 is 0.711. The zero-order valence-corrected chi connectivity index (χ0v) is 17.7. The maximum Gasteiger partial charge on any atom is 0.253 e. The summed E-state index contributed by atoms with van der Waals surface area (Å²) in [5.41, 5.74) is 4.24. The number of hydrogen-bond acceptors (Lipinski definition) is 2. The average Bonchev–Trinajstić information content (AvgIpc) is 2.78. The van der Waals surface area contributed by atoms with Crippen LogP contribution in [0.4, 0.5) is 0 Å². The van der Waals surface area contributed by atoms with E-state index in [1.54, 1.807) is 0 Å². The van der Waals surface area contributed by atoms with Crippen LogP contribution in [0.3, 0.4) is 0 Å². The molecule has 0 fully saturated rings. The highest BCUT2D eigenvalue weighted by Crippen LogP contribution is 2.34. The van der Waals surface area contributed by atoms with Crippen LogP contribution in [0.1, 0.15) is 35.3 Å². The summed E-state index contributed by atoms with van der Waals surface area (Å²) in [6.45, 7) is 2.08. The molecule has 1 atom stereocenters. The lowest BCUT2D eigenvalue weighted by Crippen LogP contribution is -2.28. The van der Waals surface area contributed by atoms with Gasteiger partial charge in [0.25, 0.3) is 5.91 Å². The van der Waals surface area contributed by atoms with Gasteiger partial charge >= 0.3 is 0 Å². The Morgan fingerprint density at radius 2 is 1.55 bits per heavy atom. The molecule has 3 nitrogen and oxygen atoms in total. The second-order valence-electron chi connectivity index (χ2n) is 6.88. The lowest BCUT2D eigenvalue weighted by Gasteiger charge is -2.19. The Bertz CT molecular complexity index is 1140. The fourth-order valence-electron chi connectivity index (χ4n) is 3.53. The Morgan fingerprint density at radius 1 is 0.931 bits per heavy atom. The van der Waals surface area contributed by atoms with E-state index in [2.05, 4.69) is 28.2 Å². The van der Waals surface area contributed by atoms with Crippen LogP contribution in [0.2, 0.25) is 0 Å². The molecule has 0 radical (unpaired) electrons. The molecule has 144 valence electrons. The van der Waals surface area contributed by atoms with Crippen LogP contribution in [-0.4, -0.2) is 10.9 Å². The Kier molecular flexibility index (Phi) is 5.72. The van der Waals surface area contributed by atoms with Gasteiger partial charge in [0.15, 0.2) is 0 Å². The predicted octanol–water partition coefficient (Wildman–Crippen LogP) is 6.55. The molecule has 0 aliphatic carbocycles. The Hall–Kier alpha value is -2.98. The molecule has 1 amide bonds. The minimum absolute atomic E-state index is 0.0531. The number of para-hydroxylation sites is 1. The minimum Gasteiger partial charge on any atom is -0.345 e. The van der Waals surface area contributed by atoms with Gasteiger partial charge in [0.2, 0.25) is 0 Å². The van der Waals surface area contributed by atoms with Crippen LogP contribution >= 0.6 is 15.9 Å². The van der Waals surface area contributed by atoms with E-state index >= 15 is 0 Å². The van der Waals surface area contributed by atoms with E-state index in [4.69, 9.17) is 4.98 Å². The zero-order valence-electron chi connectivity index (χ0n) is 16.1. The van der Waals surface area contributed by atoms with Crippen molar-refractivity contribution in [1.29, 1.82) is 0 Å². The SMILES string of the molecule is CC[C@H](NC(=O)c1c(Br)c(-c2ccccc2)nc2ccccc12)c1ccccc1. The van der Waals surface area contributed by atoms with Crippen LogP contribution in [0.25, 0.3) is 22.2 Å². The Morgan fingerprint density at radius 3 is 2.24 bits per heavy atom. The first-order valence-corrected chi connectivity index (χ1v) is 10.5. The van der Waals surface area contributed by atoms with Crippen molar-refractivity contribution in [3.8, 4) is 11.3 Å². The quantitative estimate of drug-likeness (QED) is 0.379. The molecule has 0 spiro atoms.